The Morgan fingerprint density at radius 2 is 2.24 bits per heavy atom. The van der Waals surface area contributed by atoms with Crippen molar-refractivity contribution in [2.75, 3.05) is 13.1 Å². The average molecular weight is 284 g/mol. The Labute approximate surface area is 126 Å². The van der Waals surface area contributed by atoms with Crippen LogP contribution in [0.15, 0.2) is 30.5 Å². The van der Waals surface area contributed by atoms with Crippen LogP contribution in [0.5, 0.6) is 0 Å². The number of amides is 1. The van der Waals surface area contributed by atoms with E-state index < -0.39 is 0 Å². The first kappa shape index (κ1) is 14.2. The van der Waals surface area contributed by atoms with Gasteiger partial charge in [0, 0.05) is 36.6 Å². The summed E-state index contributed by atoms with van der Waals surface area (Å²) in [5, 5.41) is 1.25. The van der Waals surface area contributed by atoms with E-state index in [1.807, 2.05) is 12.3 Å². The van der Waals surface area contributed by atoms with Crippen molar-refractivity contribution in [3.63, 3.8) is 0 Å². The predicted molar refractivity (Wildman–Crippen MR) is 86.2 cm³/mol. The molecule has 1 amide bonds. The molecule has 1 aromatic heterocycles. The van der Waals surface area contributed by atoms with E-state index in [1.54, 1.807) is 0 Å². The zero-order chi connectivity index (χ0) is 14.7. The molecule has 1 atom stereocenters. The fraction of sp³-hybridized carbons (Fsp3) is 0.500. The van der Waals surface area contributed by atoms with E-state index in [4.69, 9.17) is 0 Å². The van der Waals surface area contributed by atoms with Gasteiger partial charge in [-0.15, -0.1) is 0 Å². The number of aromatic amines is 1. The number of aromatic nitrogens is 1. The van der Waals surface area contributed by atoms with Crippen molar-refractivity contribution in [3.05, 3.63) is 36.0 Å². The van der Waals surface area contributed by atoms with Crippen molar-refractivity contribution >= 4 is 16.8 Å². The molecule has 3 rings (SSSR count). The second-order valence-corrected chi connectivity index (χ2v) is 6.12. The molecule has 0 aliphatic carbocycles. The fourth-order valence-electron chi connectivity index (χ4n) is 3.36. The van der Waals surface area contributed by atoms with Crippen molar-refractivity contribution in [1.82, 2.24) is 9.88 Å². The Morgan fingerprint density at radius 3 is 3.10 bits per heavy atom. The Bertz CT molecular complexity index is 616. The summed E-state index contributed by atoms with van der Waals surface area (Å²) in [6, 6.07) is 8.29. The number of piperidine rings is 1. The van der Waals surface area contributed by atoms with E-state index in [-0.39, 0.29) is 0 Å². The quantitative estimate of drug-likeness (QED) is 0.912. The van der Waals surface area contributed by atoms with Crippen LogP contribution in [0, 0.1) is 5.92 Å². The Balaban J connectivity index is 1.60. The zero-order valence-corrected chi connectivity index (χ0v) is 12.8. The number of benzene rings is 1. The molecular formula is C18H24N2O. The number of hydrogen-bond donors (Lipinski definition) is 1. The van der Waals surface area contributed by atoms with Gasteiger partial charge in [0.1, 0.15) is 0 Å². The maximum Gasteiger partial charge on any atom is 0.222 e. The molecule has 3 nitrogen and oxygen atoms in total. The van der Waals surface area contributed by atoms with E-state index in [0.717, 1.165) is 31.4 Å². The smallest absolute Gasteiger partial charge is 0.222 e. The normalized spacial score (nSPS) is 19.1. The lowest BCUT2D eigenvalue weighted by molar-refractivity contribution is -0.133. The zero-order valence-electron chi connectivity index (χ0n) is 12.8. The first-order chi connectivity index (χ1) is 10.3. The second-order valence-electron chi connectivity index (χ2n) is 6.12. The highest BCUT2D eigenvalue weighted by Crippen LogP contribution is 2.22. The lowest BCUT2D eigenvalue weighted by Gasteiger charge is -2.32. The van der Waals surface area contributed by atoms with E-state index in [2.05, 4.69) is 35.0 Å². The standard InChI is InChI=1S/C18H24N2O/c1-2-14-6-5-11-20(13-14)18(21)10-9-15-12-19-17-8-4-3-7-16(15)17/h3-4,7-8,12,14,19H,2,5-6,9-11,13H2,1H3/t14-/m1/s1. The molecule has 1 saturated heterocycles. The predicted octanol–water partition coefficient (Wildman–Crippen LogP) is 3.75. The summed E-state index contributed by atoms with van der Waals surface area (Å²) in [5.41, 5.74) is 2.41. The van der Waals surface area contributed by atoms with Crippen LogP contribution in [-0.4, -0.2) is 28.9 Å². The summed E-state index contributed by atoms with van der Waals surface area (Å²) in [5.74, 6) is 1.02. The van der Waals surface area contributed by atoms with Crippen LogP contribution < -0.4 is 0 Å². The molecule has 0 unspecified atom stereocenters. The van der Waals surface area contributed by atoms with Gasteiger partial charge < -0.3 is 9.88 Å². The third-order valence-corrected chi connectivity index (χ3v) is 4.73. The highest BCUT2D eigenvalue weighted by atomic mass is 16.2. The molecule has 21 heavy (non-hydrogen) atoms. The molecular weight excluding hydrogens is 260 g/mol. The number of likely N-dealkylation sites (tertiary alicyclic amines) is 1. The number of nitrogens with one attached hydrogen (secondary N) is 1. The van der Waals surface area contributed by atoms with Crippen LogP contribution in [0.25, 0.3) is 10.9 Å². The molecule has 1 N–H and O–H groups in total. The Hall–Kier alpha value is -1.77. The summed E-state index contributed by atoms with van der Waals surface area (Å²) in [6.45, 7) is 4.14. The van der Waals surface area contributed by atoms with Crippen molar-refractivity contribution in [2.24, 2.45) is 5.92 Å². The van der Waals surface area contributed by atoms with Gasteiger partial charge in [0.05, 0.1) is 0 Å². The van der Waals surface area contributed by atoms with Crippen LogP contribution in [0.2, 0.25) is 0 Å². The van der Waals surface area contributed by atoms with Crippen molar-refractivity contribution in [1.29, 1.82) is 0 Å². The first-order valence-electron chi connectivity index (χ1n) is 8.10. The van der Waals surface area contributed by atoms with Crippen LogP contribution in [0.4, 0.5) is 0 Å². The number of H-pyrrole nitrogens is 1. The number of nitrogens with zero attached hydrogens (tertiary/aromatic N) is 1. The van der Waals surface area contributed by atoms with Gasteiger partial charge in [0.2, 0.25) is 5.91 Å². The van der Waals surface area contributed by atoms with E-state index in [0.29, 0.717) is 18.2 Å². The van der Waals surface area contributed by atoms with Crippen LogP contribution in [0.3, 0.4) is 0 Å². The van der Waals surface area contributed by atoms with Crippen molar-refractivity contribution < 1.29 is 4.79 Å². The lowest BCUT2D eigenvalue weighted by Crippen LogP contribution is -2.39. The molecule has 2 aromatic rings. The number of fused-ring (bicyclic) bond motifs is 1. The van der Waals surface area contributed by atoms with Crippen LogP contribution >= 0.6 is 0 Å². The highest BCUT2D eigenvalue weighted by molar-refractivity contribution is 5.84. The maximum atomic E-state index is 12.4. The summed E-state index contributed by atoms with van der Waals surface area (Å²) in [6.07, 6.45) is 7.13. The van der Waals surface area contributed by atoms with Crippen LogP contribution in [-0.2, 0) is 11.2 Å². The van der Waals surface area contributed by atoms with Gasteiger partial charge in [-0.25, -0.2) is 0 Å². The molecule has 0 bridgehead atoms. The SMILES string of the molecule is CC[C@@H]1CCCN(C(=O)CCc2c[nH]c3ccccc23)C1. The molecule has 1 aliphatic heterocycles. The monoisotopic (exact) mass is 284 g/mol. The number of hydrogen-bond acceptors (Lipinski definition) is 1. The van der Waals surface area contributed by atoms with Gasteiger partial charge in [0.25, 0.3) is 0 Å². The fourth-order valence-corrected chi connectivity index (χ4v) is 3.36. The van der Waals surface area contributed by atoms with E-state index in [9.17, 15) is 4.79 Å². The first-order valence-corrected chi connectivity index (χ1v) is 8.10. The molecule has 0 radical (unpaired) electrons. The molecule has 3 heteroatoms. The molecule has 0 saturated carbocycles. The molecule has 112 valence electrons. The number of carbonyl (C=O) groups is 1. The summed E-state index contributed by atoms with van der Waals surface area (Å²) in [7, 11) is 0. The van der Waals surface area contributed by atoms with Crippen molar-refractivity contribution in [2.45, 2.75) is 39.0 Å². The van der Waals surface area contributed by atoms with Gasteiger partial charge in [-0.2, -0.15) is 0 Å². The molecule has 1 aromatic carbocycles. The third kappa shape index (κ3) is 3.12. The maximum absolute atomic E-state index is 12.4. The van der Waals surface area contributed by atoms with E-state index >= 15 is 0 Å². The number of carbonyl (C=O) groups excluding carboxylic acids is 1. The van der Waals surface area contributed by atoms with E-state index in [1.165, 1.54) is 23.8 Å². The van der Waals surface area contributed by atoms with Gasteiger partial charge in [-0.1, -0.05) is 31.5 Å². The van der Waals surface area contributed by atoms with Gasteiger partial charge in [-0.05, 0) is 36.8 Å². The number of rotatable bonds is 4. The summed E-state index contributed by atoms with van der Waals surface area (Å²) >= 11 is 0. The minimum Gasteiger partial charge on any atom is -0.361 e. The van der Waals surface area contributed by atoms with Crippen molar-refractivity contribution in [3.8, 4) is 0 Å². The van der Waals surface area contributed by atoms with Gasteiger partial charge in [-0.3, -0.25) is 4.79 Å². The summed E-state index contributed by atoms with van der Waals surface area (Å²) < 4.78 is 0. The largest absolute Gasteiger partial charge is 0.361 e. The number of aryl methyl sites for hydroxylation is 1. The topological polar surface area (TPSA) is 36.1 Å². The average Bonchev–Trinajstić information content (AvgIpc) is 2.96. The van der Waals surface area contributed by atoms with Gasteiger partial charge >= 0.3 is 0 Å². The van der Waals surface area contributed by atoms with Gasteiger partial charge in [0.15, 0.2) is 0 Å². The minimum atomic E-state index is 0.318. The molecule has 2 heterocycles. The third-order valence-electron chi connectivity index (χ3n) is 4.73. The minimum absolute atomic E-state index is 0.318. The lowest BCUT2D eigenvalue weighted by atomic mass is 9.95. The van der Waals surface area contributed by atoms with Crippen LogP contribution in [0.1, 0.15) is 38.2 Å². The molecule has 1 fully saturated rings. The second kappa shape index (κ2) is 6.33. The number of para-hydroxylation sites is 1. The Morgan fingerprint density at radius 1 is 1.38 bits per heavy atom. The highest BCUT2D eigenvalue weighted by Gasteiger charge is 2.22. The Kier molecular flexibility index (Phi) is 4.28. The molecule has 1 aliphatic rings. The summed E-state index contributed by atoms with van der Waals surface area (Å²) in [4.78, 5) is 17.8. The molecule has 0 spiro atoms.